The van der Waals surface area contributed by atoms with E-state index in [2.05, 4.69) is 15.9 Å². The van der Waals surface area contributed by atoms with Crippen LogP contribution in [-0.4, -0.2) is 44.2 Å². The Labute approximate surface area is 152 Å². The molecule has 1 aliphatic heterocycles. The number of hydrogen-bond donors (Lipinski definition) is 1. The van der Waals surface area contributed by atoms with Crippen molar-refractivity contribution in [3.05, 3.63) is 43.9 Å². The van der Waals surface area contributed by atoms with Crippen LogP contribution in [0.5, 0.6) is 0 Å². The Hall–Kier alpha value is -0.964. The van der Waals surface area contributed by atoms with E-state index >= 15 is 0 Å². The predicted molar refractivity (Wildman–Crippen MR) is 87.4 cm³/mol. The molecular formula is C14H15BrFMgNO4. The summed E-state index contributed by atoms with van der Waals surface area (Å²) in [6.07, 6.45) is 2.79. The molecule has 0 aliphatic carbocycles. The molecule has 1 atom stereocenters. The van der Waals surface area contributed by atoms with E-state index < -0.39 is 17.2 Å². The maximum absolute atomic E-state index is 13.9. The molecule has 3 N–H and O–H groups in total. The molecule has 0 saturated heterocycles. The molecule has 8 heteroatoms. The first-order valence-corrected chi connectivity index (χ1v) is 7.00. The molecule has 0 bridgehead atoms. The zero-order valence-corrected chi connectivity index (χ0v) is 14.8. The summed E-state index contributed by atoms with van der Waals surface area (Å²) in [5.74, 6) is -1.82. The number of aryl methyl sites for hydroxylation is 1. The molecule has 1 aromatic heterocycles. The van der Waals surface area contributed by atoms with Gasteiger partial charge in [0.2, 0.25) is 5.43 Å². The number of pyridine rings is 1. The monoisotopic (exact) mass is 383 g/mol. The molecule has 0 spiro atoms. The number of aromatic nitrogens is 1. The number of benzene rings is 1. The van der Waals surface area contributed by atoms with Gasteiger partial charge in [-0.2, -0.15) is 0 Å². The normalized spacial score (nSPS) is 15.9. The first-order valence-electron chi connectivity index (χ1n) is 6.21. The van der Waals surface area contributed by atoms with E-state index in [-0.39, 0.29) is 48.4 Å². The maximum atomic E-state index is 13.9. The minimum Gasteiger partial charge on any atom is -1.00 e. The van der Waals surface area contributed by atoms with Crippen LogP contribution in [0.2, 0.25) is 0 Å². The van der Waals surface area contributed by atoms with Gasteiger partial charge in [0.1, 0.15) is 11.4 Å². The second kappa shape index (κ2) is 6.65. The Morgan fingerprint density at radius 3 is 2.77 bits per heavy atom. The van der Waals surface area contributed by atoms with Crippen LogP contribution in [0.3, 0.4) is 0 Å². The van der Waals surface area contributed by atoms with Crippen LogP contribution >= 0.6 is 15.9 Å². The van der Waals surface area contributed by atoms with Crippen molar-refractivity contribution < 1.29 is 22.6 Å². The third kappa shape index (κ3) is 2.68. The van der Waals surface area contributed by atoms with Crippen LogP contribution in [0.4, 0.5) is 4.39 Å². The molecule has 0 fully saturated rings. The summed E-state index contributed by atoms with van der Waals surface area (Å²) in [6.45, 7) is 1.95. The van der Waals surface area contributed by atoms with Crippen LogP contribution in [-0.2, 0) is 6.42 Å². The van der Waals surface area contributed by atoms with Gasteiger partial charge in [-0.3, -0.25) is 4.79 Å². The third-order valence-electron chi connectivity index (χ3n) is 3.82. The molecule has 2 heterocycles. The minimum atomic E-state index is -1.29. The fourth-order valence-corrected chi connectivity index (χ4v) is 3.27. The molecule has 3 rings (SSSR count). The van der Waals surface area contributed by atoms with E-state index in [0.717, 1.165) is 18.1 Å². The number of carboxylic acids is 1. The van der Waals surface area contributed by atoms with Crippen LogP contribution < -0.4 is 5.43 Å². The van der Waals surface area contributed by atoms with Crippen molar-refractivity contribution in [2.45, 2.75) is 25.8 Å². The number of carboxylic acid groups (broad SMARTS) is 1. The SMILES string of the molecule is CC1CCc2c(Br)c(F)cc3c(=O)c(C(=O)O)cn1c23.O.[H-].[H-].[Mg+2]. The van der Waals surface area contributed by atoms with Crippen LogP contribution in [0.25, 0.3) is 10.9 Å². The van der Waals surface area contributed by atoms with E-state index in [1.54, 1.807) is 4.57 Å². The van der Waals surface area contributed by atoms with Gasteiger partial charge in [0.05, 0.1) is 9.99 Å². The standard InChI is InChI=1S/C14H11BrFNO3.Mg.H2O.2H/c1-6-2-3-7-11(15)10(16)4-8-12(7)17(6)5-9(13(8)18)14(19)20;;;;/h4-6H,2-3H2,1H3,(H,19,20);;1H2;;/q;+2;;2*-1. The van der Waals surface area contributed by atoms with Gasteiger partial charge in [-0.25, -0.2) is 9.18 Å². The molecule has 1 aliphatic rings. The molecule has 1 aromatic carbocycles. The largest absolute Gasteiger partial charge is 2.00 e. The van der Waals surface area contributed by atoms with Gasteiger partial charge in [0, 0.05) is 17.6 Å². The summed E-state index contributed by atoms with van der Waals surface area (Å²) in [5.41, 5.74) is 0.406. The van der Waals surface area contributed by atoms with Gasteiger partial charge in [-0.15, -0.1) is 0 Å². The zero-order chi connectivity index (χ0) is 14.6. The minimum absolute atomic E-state index is 0. The number of nitrogens with zero attached hydrogens (tertiary/aromatic N) is 1. The van der Waals surface area contributed by atoms with Crippen LogP contribution in [0.15, 0.2) is 21.5 Å². The Balaban J connectivity index is 0. The van der Waals surface area contributed by atoms with Crippen molar-refractivity contribution in [3.63, 3.8) is 0 Å². The summed E-state index contributed by atoms with van der Waals surface area (Å²) in [7, 11) is 0. The van der Waals surface area contributed by atoms with Gasteiger partial charge in [-0.05, 0) is 47.3 Å². The van der Waals surface area contributed by atoms with Crippen molar-refractivity contribution in [1.29, 1.82) is 0 Å². The number of rotatable bonds is 1. The van der Waals surface area contributed by atoms with Crippen molar-refractivity contribution in [2.24, 2.45) is 0 Å². The average Bonchev–Trinajstić information content (AvgIpc) is 2.39. The third-order valence-corrected chi connectivity index (χ3v) is 4.68. The zero-order valence-electron chi connectivity index (χ0n) is 13.8. The summed E-state index contributed by atoms with van der Waals surface area (Å²) >= 11 is 3.21. The van der Waals surface area contributed by atoms with Crippen molar-refractivity contribution in [2.75, 3.05) is 0 Å². The first-order chi connectivity index (χ1) is 9.41. The quantitative estimate of drug-likeness (QED) is 0.764. The van der Waals surface area contributed by atoms with Gasteiger partial charge in [0.15, 0.2) is 0 Å². The van der Waals surface area contributed by atoms with E-state index in [9.17, 15) is 14.0 Å². The summed E-state index contributed by atoms with van der Waals surface area (Å²) < 4.78 is 16.0. The molecule has 1 unspecified atom stereocenters. The predicted octanol–water partition coefficient (Wildman–Crippen LogP) is 2.13. The van der Waals surface area contributed by atoms with E-state index in [0.29, 0.717) is 16.4 Å². The molecule has 0 radical (unpaired) electrons. The van der Waals surface area contributed by atoms with Crippen LogP contribution in [0.1, 0.15) is 38.2 Å². The number of carbonyl (C=O) groups is 1. The Morgan fingerprint density at radius 1 is 1.55 bits per heavy atom. The van der Waals surface area contributed by atoms with Gasteiger partial charge in [0.25, 0.3) is 0 Å². The van der Waals surface area contributed by atoms with Crippen LogP contribution in [0, 0.1) is 5.82 Å². The van der Waals surface area contributed by atoms with Crippen molar-refractivity contribution in [3.8, 4) is 0 Å². The Morgan fingerprint density at radius 2 is 2.18 bits per heavy atom. The van der Waals surface area contributed by atoms with E-state index in [1.165, 1.54) is 6.20 Å². The molecule has 22 heavy (non-hydrogen) atoms. The van der Waals surface area contributed by atoms with Crippen molar-refractivity contribution in [1.82, 2.24) is 4.57 Å². The van der Waals surface area contributed by atoms with E-state index in [4.69, 9.17) is 5.11 Å². The van der Waals surface area contributed by atoms with E-state index in [1.807, 2.05) is 6.92 Å². The Bertz CT molecular complexity index is 831. The second-order valence-corrected chi connectivity index (χ2v) is 5.81. The summed E-state index contributed by atoms with van der Waals surface area (Å²) in [4.78, 5) is 23.4. The first kappa shape index (κ1) is 19.1. The molecular weight excluding hydrogens is 369 g/mol. The Kier molecular flexibility index (Phi) is 5.77. The summed E-state index contributed by atoms with van der Waals surface area (Å²) in [6, 6.07) is 1.19. The molecule has 0 saturated carbocycles. The van der Waals surface area contributed by atoms with Gasteiger partial charge in [-0.1, -0.05) is 0 Å². The average molecular weight is 384 g/mol. The second-order valence-electron chi connectivity index (χ2n) is 5.02. The fraction of sp³-hybridized carbons (Fsp3) is 0.286. The number of aromatic carboxylic acids is 1. The number of hydrogen-bond acceptors (Lipinski definition) is 2. The molecule has 5 nitrogen and oxygen atoms in total. The van der Waals surface area contributed by atoms with Gasteiger partial charge >= 0.3 is 29.0 Å². The molecule has 0 amide bonds. The van der Waals surface area contributed by atoms with Gasteiger partial charge < -0.3 is 18.0 Å². The molecule has 2 aromatic rings. The topological polar surface area (TPSA) is 90.8 Å². The maximum Gasteiger partial charge on any atom is 2.00 e. The van der Waals surface area contributed by atoms with Crippen molar-refractivity contribution >= 4 is 55.9 Å². The fourth-order valence-electron chi connectivity index (χ4n) is 2.76. The number of halogens is 2. The summed E-state index contributed by atoms with van der Waals surface area (Å²) in [5, 5.41) is 9.26. The smallest absolute Gasteiger partial charge is 1.00 e. The molecule has 116 valence electrons.